The van der Waals surface area contributed by atoms with E-state index in [9.17, 15) is 9.90 Å². The van der Waals surface area contributed by atoms with Crippen LogP contribution < -0.4 is 5.32 Å². The van der Waals surface area contributed by atoms with Gasteiger partial charge in [-0.3, -0.25) is 4.79 Å². The maximum Gasteiger partial charge on any atom is 0.156 e. The molecule has 2 rings (SSSR count). The molecule has 6 heteroatoms. The molecular weight excluding hydrogens is 278 g/mol. The number of nitrogens with one attached hydrogen (secondary N) is 1. The second kappa shape index (κ2) is 6.45. The van der Waals surface area contributed by atoms with E-state index < -0.39 is 6.10 Å². The Hall–Kier alpha value is -1.98. The number of aliphatic hydroxyl groups excluding tert-OH is 1. The summed E-state index contributed by atoms with van der Waals surface area (Å²) in [6.45, 7) is 1.90. The van der Waals surface area contributed by atoms with Crippen molar-refractivity contribution in [3.63, 3.8) is 0 Å². The van der Waals surface area contributed by atoms with E-state index in [0.29, 0.717) is 17.9 Å². The van der Waals surface area contributed by atoms with Crippen molar-refractivity contribution >= 4 is 23.7 Å². The zero-order valence-electron chi connectivity index (χ0n) is 10.9. The Morgan fingerprint density at radius 3 is 2.70 bits per heavy atom. The Kier molecular flexibility index (Phi) is 4.65. The fourth-order valence-electron chi connectivity index (χ4n) is 1.77. The largest absolute Gasteiger partial charge is 0.387 e. The van der Waals surface area contributed by atoms with Gasteiger partial charge in [-0.1, -0.05) is 41.9 Å². The van der Waals surface area contributed by atoms with Gasteiger partial charge in [-0.05, 0) is 12.5 Å². The molecule has 2 N–H and O–H groups in total. The van der Waals surface area contributed by atoms with Gasteiger partial charge in [-0.25, -0.2) is 9.97 Å². The standard InChI is InChI=1S/C14H14ClN3O2/c1-9-17-13(15)11(8-19)14(18-9)16-7-12(20)10-5-3-2-4-6-10/h2-6,8,12,20H,7H2,1H3,(H,16,17,18). The van der Waals surface area contributed by atoms with Crippen LogP contribution in [0.15, 0.2) is 30.3 Å². The second-order valence-electron chi connectivity index (χ2n) is 4.25. The molecule has 0 aliphatic rings. The van der Waals surface area contributed by atoms with E-state index >= 15 is 0 Å². The molecule has 0 aliphatic carbocycles. The first-order valence-corrected chi connectivity index (χ1v) is 6.46. The molecule has 0 saturated heterocycles. The summed E-state index contributed by atoms with van der Waals surface area (Å²) in [6.07, 6.45) is -0.108. The van der Waals surface area contributed by atoms with Gasteiger partial charge in [0.15, 0.2) is 6.29 Å². The minimum Gasteiger partial charge on any atom is -0.387 e. The van der Waals surface area contributed by atoms with E-state index in [1.165, 1.54) is 0 Å². The summed E-state index contributed by atoms with van der Waals surface area (Å²) in [6, 6.07) is 9.22. The molecule has 5 nitrogen and oxygen atoms in total. The number of hydrogen-bond donors (Lipinski definition) is 2. The molecule has 1 heterocycles. The quantitative estimate of drug-likeness (QED) is 0.653. The third kappa shape index (κ3) is 3.31. The SMILES string of the molecule is Cc1nc(Cl)c(C=O)c(NCC(O)c2ccccc2)n1. The average Bonchev–Trinajstić information content (AvgIpc) is 2.45. The predicted octanol–water partition coefficient (Wildman–Crippen LogP) is 2.40. The lowest BCUT2D eigenvalue weighted by molar-refractivity contribution is 0.112. The van der Waals surface area contributed by atoms with Gasteiger partial charge in [0.25, 0.3) is 0 Å². The van der Waals surface area contributed by atoms with Crippen LogP contribution >= 0.6 is 11.6 Å². The van der Waals surface area contributed by atoms with E-state index in [4.69, 9.17) is 11.6 Å². The summed E-state index contributed by atoms with van der Waals surface area (Å²) < 4.78 is 0. The number of aliphatic hydroxyl groups is 1. The van der Waals surface area contributed by atoms with Crippen molar-refractivity contribution in [1.82, 2.24) is 9.97 Å². The molecule has 0 bridgehead atoms. The van der Waals surface area contributed by atoms with Gasteiger partial charge in [0, 0.05) is 6.54 Å². The van der Waals surface area contributed by atoms with Crippen LogP contribution in [0.1, 0.15) is 27.8 Å². The Balaban J connectivity index is 2.13. The Morgan fingerprint density at radius 1 is 1.35 bits per heavy atom. The number of aromatic nitrogens is 2. The fourth-order valence-corrected chi connectivity index (χ4v) is 2.03. The van der Waals surface area contributed by atoms with Crippen LogP contribution in [0.25, 0.3) is 0 Å². The smallest absolute Gasteiger partial charge is 0.156 e. The third-order valence-electron chi connectivity index (χ3n) is 2.78. The zero-order valence-corrected chi connectivity index (χ0v) is 11.6. The number of aryl methyl sites for hydroxylation is 1. The van der Waals surface area contributed by atoms with Gasteiger partial charge >= 0.3 is 0 Å². The molecule has 0 amide bonds. The molecule has 20 heavy (non-hydrogen) atoms. The van der Waals surface area contributed by atoms with Crippen molar-refractivity contribution < 1.29 is 9.90 Å². The monoisotopic (exact) mass is 291 g/mol. The normalized spacial score (nSPS) is 11.9. The van der Waals surface area contributed by atoms with E-state index in [2.05, 4.69) is 15.3 Å². The summed E-state index contributed by atoms with van der Waals surface area (Å²) in [7, 11) is 0. The summed E-state index contributed by atoms with van der Waals surface area (Å²) in [4.78, 5) is 19.0. The maximum atomic E-state index is 11.0. The van der Waals surface area contributed by atoms with Crippen LogP contribution in [0.4, 0.5) is 5.82 Å². The lowest BCUT2D eigenvalue weighted by Crippen LogP contribution is -2.15. The molecule has 1 aromatic carbocycles. The highest BCUT2D eigenvalue weighted by molar-refractivity contribution is 6.32. The molecule has 1 unspecified atom stereocenters. The summed E-state index contributed by atoms with van der Waals surface area (Å²) in [5, 5.41) is 13.1. The highest BCUT2D eigenvalue weighted by atomic mass is 35.5. The number of carbonyl (C=O) groups excluding carboxylic acids is 1. The van der Waals surface area contributed by atoms with Gasteiger partial charge in [0.2, 0.25) is 0 Å². The Morgan fingerprint density at radius 2 is 2.05 bits per heavy atom. The van der Waals surface area contributed by atoms with Gasteiger partial charge in [-0.2, -0.15) is 0 Å². The number of halogens is 1. The number of nitrogens with zero attached hydrogens (tertiary/aromatic N) is 2. The van der Waals surface area contributed by atoms with Crippen LogP contribution in [0.5, 0.6) is 0 Å². The van der Waals surface area contributed by atoms with Gasteiger partial charge in [0.05, 0.1) is 11.7 Å². The molecule has 0 radical (unpaired) electrons. The van der Waals surface area contributed by atoms with Crippen LogP contribution in [0, 0.1) is 6.92 Å². The Bertz CT molecular complexity index is 605. The molecule has 2 aromatic rings. The van der Waals surface area contributed by atoms with Crippen LogP contribution in [-0.4, -0.2) is 27.9 Å². The first kappa shape index (κ1) is 14.4. The van der Waals surface area contributed by atoms with Gasteiger partial charge in [-0.15, -0.1) is 0 Å². The average molecular weight is 292 g/mol. The van der Waals surface area contributed by atoms with Gasteiger partial charge < -0.3 is 10.4 Å². The van der Waals surface area contributed by atoms with Crippen LogP contribution in [-0.2, 0) is 0 Å². The number of rotatable bonds is 5. The van der Waals surface area contributed by atoms with E-state index in [0.717, 1.165) is 5.56 Å². The van der Waals surface area contributed by atoms with Crippen molar-refractivity contribution in [2.75, 3.05) is 11.9 Å². The highest BCUT2D eigenvalue weighted by Gasteiger charge is 2.13. The number of aldehydes is 1. The van der Waals surface area contributed by atoms with Crippen molar-refractivity contribution in [1.29, 1.82) is 0 Å². The third-order valence-corrected chi connectivity index (χ3v) is 3.06. The molecule has 0 fully saturated rings. The number of benzene rings is 1. The van der Waals surface area contributed by atoms with Crippen LogP contribution in [0.3, 0.4) is 0 Å². The molecule has 1 aromatic heterocycles. The predicted molar refractivity (Wildman–Crippen MR) is 77.1 cm³/mol. The molecule has 0 spiro atoms. The first-order chi connectivity index (χ1) is 9.61. The molecular formula is C14H14ClN3O2. The summed E-state index contributed by atoms with van der Waals surface area (Å²) in [5.41, 5.74) is 0.974. The van der Waals surface area contributed by atoms with Crippen molar-refractivity contribution in [2.45, 2.75) is 13.0 Å². The number of carbonyl (C=O) groups is 1. The van der Waals surface area contributed by atoms with Gasteiger partial charge in [0.1, 0.15) is 16.8 Å². The lowest BCUT2D eigenvalue weighted by Gasteiger charge is -2.14. The number of hydrogen-bond acceptors (Lipinski definition) is 5. The van der Waals surface area contributed by atoms with Crippen molar-refractivity contribution in [2.24, 2.45) is 0 Å². The zero-order chi connectivity index (χ0) is 14.5. The second-order valence-corrected chi connectivity index (χ2v) is 4.61. The molecule has 1 atom stereocenters. The molecule has 104 valence electrons. The summed E-state index contributed by atoms with van der Waals surface area (Å²) in [5.74, 6) is 0.782. The topological polar surface area (TPSA) is 75.1 Å². The lowest BCUT2D eigenvalue weighted by atomic mass is 10.1. The maximum absolute atomic E-state index is 11.0. The van der Waals surface area contributed by atoms with Crippen molar-refractivity contribution in [3.8, 4) is 0 Å². The van der Waals surface area contributed by atoms with E-state index in [1.54, 1.807) is 6.92 Å². The minimum atomic E-state index is -0.704. The minimum absolute atomic E-state index is 0.101. The van der Waals surface area contributed by atoms with Crippen molar-refractivity contribution in [3.05, 3.63) is 52.4 Å². The molecule has 0 aliphatic heterocycles. The summed E-state index contributed by atoms with van der Waals surface area (Å²) >= 11 is 5.88. The van der Waals surface area contributed by atoms with Crippen LogP contribution in [0.2, 0.25) is 5.15 Å². The van der Waals surface area contributed by atoms with E-state index in [-0.39, 0.29) is 17.3 Å². The Labute approximate surface area is 121 Å². The number of anilines is 1. The first-order valence-electron chi connectivity index (χ1n) is 6.08. The fraction of sp³-hybridized carbons (Fsp3) is 0.214. The highest BCUT2D eigenvalue weighted by Crippen LogP contribution is 2.20. The van der Waals surface area contributed by atoms with E-state index in [1.807, 2.05) is 30.3 Å². The molecule has 0 saturated carbocycles.